The summed E-state index contributed by atoms with van der Waals surface area (Å²) in [6, 6.07) is 12.8. The van der Waals surface area contributed by atoms with E-state index in [1.165, 1.54) is 31.3 Å². The molecule has 0 aromatic heterocycles. The predicted molar refractivity (Wildman–Crippen MR) is 110 cm³/mol. The van der Waals surface area contributed by atoms with Crippen LogP contribution in [0.5, 0.6) is 0 Å². The van der Waals surface area contributed by atoms with Gasteiger partial charge in [0.2, 0.25) is 15.9 Å². The summed E-state index contributed by atoms with van der Waals surface area (Å²) in [5, 5.41) is 2.87. The number of para-hydroxylation sites is 1. The molecule has 1 unspecified atom stereocenters. The van der Waals surface area contributed by atoms with Crippen LogP contribution < -0.4 is 15.8 Å². The molecule has 4 N–H and O–H groups in total. The quantitative estimate of drug-likeness (QED) is 0.628. The molecular formula is C20H24N4O4S. The van der Waals surface area contributed by atoms with Gasteiger partial charge in [-0.05, 0) is 62.3 Å². The summed E-state index contributed by atoms with van der Waals surface area (Å²) >= 11 is 0. The molecule has 1 aliphatic rings. The number of benzene rings is 2. The van der Waals surface area contributed by atoms with Gasteiger partial charge in [0.25, 0.3) is 5.91 Å². The minimum atomic E-state index is -3.56. The molecule has 1 atom stereocenters. The van der Waals surface area contributed by atoms with E-state index in [2.05, 4.69) is 10.0 Å². The maximum atomic E-state index is 12.6. The highest BCUT2D eigenvalue weighted by Crippen LogP contribution is 2.24. The van der Waals surface area contributed by atoms with Crippen molar-refractivity contribution >= 4 is 27.5 Å². The van der Waals surface area contributed by atoms with Crippen LogP contribution in [-0.4, -0.2) is 44.8 Å². The number of hydrogen-bond acceptors (Lipinski definition) is 5. The van der Waals surface area contributed by atoms with Crippen LogP contribution in [0.4, 0.5) is 5.69 Å². The molecule has 3 rings (SSSR count). The van der Waals surface area contributed by atoms with Crippen LogP contribution in [0.1, 0.15) is 28.8 Å². The van der Waals surface area contributed by atoms with Crippen molar-refractivity contribution in [2.75, 3.05) is 18.9 Å². The van der Waals surface area contributed by atoms with E-state index in [1.807, 2.05) is 23.1 Å². The first-order valence-corrected chi connectivity index (χ1v) is 10.8. The van der Waals surface area contributed by atoms with Gasteiger partial charge in [-0.15, -0.1) is 0 Å². The molecule has 2 amide bonds. The zero-order chi connectivity index (χ0) is 21.0. The van der Waals surface area contributed by atoms with E-state index in [9.17, 15) is 18.0 Å². The number of carbonyl (C=O) groups excluding carboxylic acids is 2. The maximum absolute atomic E-state index is 12.6. The SMILES string of the molecule is CNS(=O)(=O)c1ccc(C(=O)Nc2ccccc2CN2CCCC2C(N)=O)cc1. The number of nitrogens with one attached hydrogen (secondary N) is 2. The van der Waals surface area contributed by atoms with Crippen LogP contribution in [0.2, 0.25) is 0 Å². The molecule has 1 heterocycles. The van der Waals surface area contributed by atoms with Gasteiger partial charge < -0.3 is 11.1 Å². The lowest BCUT2D eigenvalue weighted by molar-refractivity contribution is -0.122. The number of rotatable bonds is 7. The highest BCUT2D eigenvalue weighted by Gasteiger charge is 2.29. The lowest BCUT2D eigenvalue weighted by Crippen LogP contribution is -2.39. The van der Waals surface area contributed by atoms with Gasteiger partial charge in [-0.3, -0.25) is 14.5 Å². The minimum absolute atomic E-state index is 0.0866. The average Bonchev–Trinajstić information content (AvgIpc) is 3.18. The normalized spacial score (nSPS) is 17.2. The average molecular weight is 417 g/mol. The monoisotopic (exact) mass is 416 g/mol. The van der Waals surface area contributed by atoms with Gasteiger partial charge >= 0.3 is 0 Å². The van der Waals surface area contributed by atoms with Crippen molar-refractivity contribution in [2.24, 2.45) is 5.73 Å². The number of likely N-dealkylation sites (tertiary alicyclic amines) is 1. The third kappa shape index (κ3) is 4.81. The Bertz CT molecular complexity index is 1010. The summed E-state index contributed by atoms with van der Waals surface area (Å²) < 4.78 is 25.8. The maximum Gasteiger partial charge on any atom is 0.255 e. The van der Waals surface area contributed by atoms with Gasteiger partial charge in [0, 0.05) is 17.8 Å². The molecule has 2 aromatic rings. The molecule has 0 spiro atoms. The number of sulfonamides is 1. The Morgan fingerprint density at radius 2 is 1.83 bits per heavy atom. The number of nitrogens with two attached hydrogens (primary N) is 1. The smallest absolute Gasteiger partial charge is 0.255 e. The van der Waals surface area contributed by atoms with Gasteiger partial charge in [0.1, 0.15) is 0 Å². The highest BCUT2D eigenvalue weighted by atomic mass is 32.2. The third-order valence-electron chi connectivity index (χ3n) is 5.03. The number of hydrogen-bond donors (Lipinski definition) is 3. The summed E-state index contributed by atoms with van der Waals surface area (Å²) in [7, 11) is -2.23. The van der Waals surface area contributed by atoms with Crippen LogP contribution in [0, 0.1) is 0 Å². The zero-order valence-corrected chi connectivity index (χ0v) is 16.9. The van der Waals surface area contributed by atoms with E-state index >= 15 is 0 Å². The standard InChI is InChI=1S/C20H24N4O4S/c1-22-29(27,28)16-10-8-14(9-11-16)20(26)23-17-6-3-2-5-15(17)13-24-12-4-7-18(24)19(21)25/h2-3,5-6,8-11,18,22H,4,7,12-13H2,1H3,(H2,21,25)(H,23,26). The van der Waals surface area contributed by atoms with Gasteiger partial charge in [0.15, 0.2) is 0 Å². The fourth-order valence-electron chi connectivity index (χ4n) is 3.43. The number of carbonyl (C=O) groups is 2. The van der Waals surface area contributed by atoms with E-state index < -0.39 is 10.0 Å². The summed E-state index contributed by atoms with van der Waals surface area (Å²) in [4.78, 5) is 26.4. The zero-order valence-electron chi connectivity index (χ0n) is 16.1. The Balaban J connectivity index is 1.75. The van der Waals surface area contributed by atoms with Crippen molar-refractivity contribution in [3.05, 3.63) is 59.7 Å². The first kappa shape index (κ1) is 21.0. The van der Waals surface area contributed by atoms with Crippen molar-refractivity contribution < 1.29 is 18.0 Å². The minimum Gasteiger partial charge on any atom is -0.368 e. The van der Waals surface area contributed by atoms with Crippen LogP contribution in [-0.2, 0) is 21.4 Å². The molecule has 154 valence electrons. The first-order chi connectivity index (χ1) is 13.8. The van der Waals surface area contributed by atoms with Gasteiger partial charge in [-0.1, -0.05) is 18.2 Å². The largest absolute Gasteiger partial charge is 0.368 e. The molecule has 29 heavy (non-hydrogen) atoms. The molecule has 0 saturated carbocycles. The second-order valence-corrected chi connectivity index (χ2v) is 8.76. The summed E-state index contributed by atoms with van der Waals surface area (Å²) in [5.74, 6) is -0.681. The van der Waals surface area contributed by atoms with E-state index in [0.29, 0.717) is 17.8 Å². The molecule has 1 aliphatic heterocycles. The van der Waals surface area contributed by atoms with Gasteiger partial charge in [-0.2, -0.15) is 0 Å². The van der Waals surface area contributed by atoms with Crippen molar-refractivity contribution in [1.29, 1.82) is 0 Å². The van der Waals surface area contributed by atoms with Crippen molar-refractivity contribution in [1.82, 2.24) is 9.62 Å². The summed E-state index contributed by atoms with van der Waals surface area (Å²) in [6.07, 6.45) is 1.65. The molecular weight excluding hydrogens is 392 g/mol. The molecule has 0 radical (unpaired) electrons. The highest BCUT2D eigenvalue weighted by molar-refractivity contribution is 7.89. The Hall–Kier alpha value is -2.75. The Labute approximate surface area is 170 Å². The molecule has 1 saturated heterocycles. The molecule has 9 heteroatoms. The van der Waals surface area contributed by atoms with Crippen LogP contribution in [0.15, 0.2) is 53.4 Å². The lowest BCUT2D eigenvalue weighted by atomic mass is 10.1. The van der Waals surface area contributed by atoms with Crippen LogP contribution >= 0.6 is 0 Å². The summed E-state index contributed by atoms with van der Waals surface area (Å²) in [5.41, 5.74) is 7.35. The number of amides is 2. The number of primary amides is 1. The first-order valence-electron chi connectivity index (χ1n) is 9.28. The summed E-state index contributed by atoms with van der Waals surface area (Å²) in [6.45, 7) is 1.28. The molecule has 0 bridgehead atoms. The molecule has 8 nitrogen and oxygen atoms in total. The fourth-order valence-corrected chi connectivity index (χ4v) is 4.16. The Morgan fingerprint density at radius 3 is 2.48 bits per heavy atom. The van der Waals surface area contributed by atoms with Crippen molar-refractivity contribution in [3.63, 3.8) is 0 Å². The van der Waals surface area contributed by atoms with E-state index in [1.54, 1.807) is 6.07 Å². The Morgan fingerprint density at radius 1 is 1.14 bits per heavy atom. The lowest BCUT2D eigenvalue weighted by Gasteiger charge is -2.23. The van der Waals surface area contributed by atoms with Crippen molar-refractivity contribution in [2.45, 2.75) is 30.3 Å². The predicted octanol–water partition coefficient (Wildman–Crippen LogP) is 1.30. The number of nitrogens with zero attached hydrogens (tertiary/aromatic N) is 1. The van der Waals surface area contributed by atoms with Gasteiger partial charge in [0.05, 0.1) is 10.9 Å². The van der Waals surface area contributed by atoms with Crippen LogP contribution in [0.3, 0.4) is 0 Å². The Kier molecular flexibility index (Phi) is 6.31. The number of anilines is 1. The van der Waals surface area contributed by atoms with Crippen LogP contribution in [0.25, 0.3) is 0 Å². The topological polar surface area (TPSA) is 122 Å². The molecule has 0 aliphatic carbocycles. The second-order valence-electron chi connectivity index (χ2n) is 6.87. The van der Waals surface area contributed by atoms with E-state index in [4.69, 9.17) is 5.73 Å². The van der Waals surface area contributed by atoms with E-state index in [-0.39, 0.29) is 22.8 Å². The molecule has 2 aromatic carbocycles. The van der Waals surface area contributed by atoms with Gasteiger partial charge in [-0.25, -0.2) is 13.1 Å². The van der Waals surface area contributed by atoms with Crippen molar-refractivity contribution in [3.8, 4) is 0 Å². The fraction of sp³-hybridized carbons (Fsp3) is 0.300. The van der Waals surface area contributed by atoms with E-state index in [0.717, 1.165) is 24.9 Å². The third-order valence-corrected chi connectivity index (χ3v) is 6.46. The second kappa shape index (κ2) is 8.73. The molecule has 1 fully saturated rings.